The SMILES string of the molecule is O=S1(=O)CCC2(CCN(CCCO)C2)C1. The van der Waals surface area contributed by atoms with Crippen molar-refractivity contribution in [3.8, 4) is 0 Å². The maximum atomic E-state index is 11.5. The van der Waals surface area contributed by atoms with Gasteiger partial charge >= 0.3 is 0 Å². The molecule has 15 heavy (non-hydrogen) atoms. The summed E-state index contributed by atoms with van der Waals surface area (Å²) in [4.78, 5) is 2.29. The molecule has 1 N–H and O–H groups in total. The van der Waals surface area contributed by atoms with E-state index < -0.39 is 9.84 Å². The molecule has 0 aliphatic carbocycles. The molecule has 2 aliphatic heterocycles. The van der Waals surface area contributed by atoms with Gasteiger partial charge in [0.05, 0.1) is 11.5 Å². The normalized spacial score (nSPS) is 35.3. The number of rotatable bonds is 3. The summed E-state index contributed by atoms with van der Waals surface area (Å²) < 4.78 is 22.9. The third kappa shape index (κ3) is 2.52. The first-order valence-corrected chi connectivity index (χ1v) is 7.41. The highest BCUT2D eigenvalue weighted by atomic mass is 32.2. The monoisotopic (exact) mass is 233 g/mol. The Kier molecular flexibility index (Phi) is 3.05. The number of hydrogen-bond acceptors (Lipinski definition) is 4. The average Bonchev–Trinajstić information content (AvgIpc) is 2.68. The van der Waals surface area contributed by atoms with Gasteiger partial charge in [0.25, 0.3) is 0 Å². The van der Waals surface area contributed by atoms with Crippen LogP contribution in [0.15, 0.2) is 0 Å². The smallest absolute Gasteiger partial charge is 0.150 e. The van der Waals surface area contributed by atoms with Crippen LogP contribution in [0.4, 0.5) is 0 Å². The fourth-order valence-corrected chi connectivity index (χ4v) is 5.02. The van der Waals surface area contributed by atoms with E-state index in [0.717, 1.165) is 38.9 Å². The number of aliphatic hydroxyl groups excluding tert-OH is 1. The van der Waals surface area contributed by atoms with E-state index in [1.165, 1.54) is 0 Å². The van der Waals surface area contributed by atoms with Crippen LogP contribution in [0.5, 0.6) is 0 Å². The van der Waals surface area contributed by atoms with E-state index in [0.29, 0.717) is 11.5 Å². The van der Waals surface area contributed by atoms with Gasteiger partial charge in [0.2, 0.25) is 0 Å². The lowest BCUT2D eigenvalue weighted by molar-refractivity contribution is 0.232. The molecule has 2 fully saturated rings. The summed E-state index contributed by atoms with van der Waals surface area (Å²) in [7, 11) is -2.76. The molecule has 0 bridgehead atoms. The fourth-order valence-electron chi connectivity index (χ4n) is 2.82. The maximum absolute atomic E-state index is 11.5. The summed E-state index contributed by atoms with van der Waals surface area (Å²) in [5.74, 6) is 0.760. The van der Waals surface area contributed by atoms with Crippen LogP contribution in [0, 0.1) is 5.41 Å². The molecule has 1 spiro atoms. The van der Waals surface area contributed by atoms with Crippen LogP contribution in [0.1, 0.15) is 19.3 Å². The van der Waals surface area contributed by atoms with E-state index in [1.807, 2.05) is 0 Å². The molecule has 0 saturated carbocycles. The van der Waals surface area contributed by atoms with Crippen molar-refractivity contribution >= 4 is 9.84 Å². The van der Waals surface area contributed by atoms with Crippen molar-refractivity contribution in [2.75, 3.05) is 37.7 Å². The Labute approximate surface area is 91.2 Å². The van der Waals surface area contributed by atoms with Crippen molar-refractivity contribution < 1.29 is 13.5 Å². The quantitative estimate of drug-likeness (QED) is 0.738. The van der Waals surface area contributed by atoms with Gasteiger partial charge in [0.15, 0.2) is 9.84 Å². The molecule has 4 nitrogen and oxygen atoms in total. The first-order valence-electron chi connectivity index (χ1n) is 5.59. The lowest BCUT2D eigenvalue weighted by Crippen LogP contribution is -2.29. The Balaban J connectivity index is 1.92. The molecule has 2 saturated heterocycles. The minimum absolute atomic E-state index is 0.0499. The van der Waals surface area contributed by atoms with Gasteiger partial charge in [0.1, 0.15) is 0 Å². The van der Waals surface area contributed by atoms with Crippen molar-refractivity contribution in [2.24, 2.45) is 5.41 Å². The first kappa shape index (κ1) is 11.4. The summed E-state index contributed by atoms with van der Waals surface area (Å²) in [5.41, 5.74) is 0.0499. The molecule has 1 unspecified atom stereocenters. The zero-order chi connectivity index (χ0) is 10.9. The highest BCUT2D eigenvalue weighted by Gasteiger charge is 2.46. The number of sulfone groups is 1. The van der Waals surface area contributed by atoms with Gasteiger partial charge in [-0.1, -0.05) is 0 Å². The zero-order valence-corrected chi connectivity index (χ0v) is 9.80. The minimum atomic E-state index is -2.76. The van der Waals surface area contributed by atoms with Crippen LogP contribution >= 0.6 is 0 Å². The Morgan fingerprint density at radius 1 is 1.33 bits per heavy atom. The lowest BCUT2D eigenvalue weighted by atomic mass is 9.87. The Hall–Kier alpha value is -0.130. The Morgan fingerprint density at radius 3 is 2.73 bits per heavy atom. The molecule has 0 aromatic carbocycles. The van der Waals surface area contributed by atoms with Gasteiger partial charge in [-0.2, -0.15) is 0 Å². The minimum Gasteiger partial charge on any atom is -0.396 e. The highest BCUT2D eigenvalue weighted by molar-refractivity contribution is 7.91. The summed E-state index contributed by atoms with van der Waals surface area (Å²) in [6.07, 6.45) is 2.64. The second-order valence-electron chi connectivity index (χ2n) is 4.95. The number of aliphatic hydroxyl groups is 1. The van der Waals surface area contributed by atoms with Crippen LogP contribution < -0.4 is 0 Å². The van der Waals surface area contributed by atoms with E-state index in [-0.39, 0.29) is 12.0 Å². The fraction of sp³-hybridized carbons (Fsp3) is 1.00. The first-order chi connectivity index (χ1) is 7.05. The second kappa shape index (κ2) is 4.03. The summed E-state index contributed by atoms with van der Waals surface area (Å²) in [6.45, 7) is 3.03. The molecule has 5 heteroatoms. The standard InChI is InChI=1S/C10H19NO3S/c12-6-1-4-11-5-2-10(8-11)3-7-15(13,14)9-10/h12H,1-9H2. The zero-order valence-electron chi connectivity index (χ0n) is 8.98. The van der Waals surface area contributed by atoms with Gasteiger partial charge in [-0.25, -0.2) is 8.42 Å². The van der Waals surface area contributed by atoms with Crippen LogP contribution in [0.2, 0.25) is 0 Å². The third-order valence-electron chi connectivity index (χ3n) is 3.62. The summed E-state index contributed by atoms with van der Waals surface area (Å²) >= 11 is 0. The van der Waals surface area contributed by atoms with Gasteiger partial charge in [-0.15, -0.1) is 0 Å². The molecule has 0 radical (unpaired) electrons. The lowest BCUT2D eigenvalue weighted by Gasteiger charge is -2.21. The van der Waals surface area contributed by atoms with Crippen LogP contribution in [0.25, 0.3) is 0 Å². The predicted molar refractivity (Wildman–Crippen MR) is 58.5 cm³/mol. The number of hydrogen-bond donors (Lipinski definition) is 1. The molecule has 2 aliphatic rings. The van der Waals surface area contributed by atoms with Crippen LogP contribution in [-0.2, 0) is 9.84 Å². The third-order valence-corrected chi connectivity index (χ3v) is 5.50. The molecule has 0 amide bonds. The predicted octanol–water partition coefficient (Wildman–Crippen LogP) is -0.121. The Morgan fingerprint density at radius 2 is 2.13 bits per heavy atom. The molecule has 2 rings (SSSR count). The van der Waals surface area contributed by atoms with E-state index in [1.54, 1.807) is 0 Å². The number of nitrogens with zero attached hydrogens (tertiary/aromatic N) is 1. The van der Waals surface area contributed by atoms with E-state index in [9.17, 15) is 8.42 Å². The largest absolute Gasteiger partial charge is 0.396 e. The van der Waals surface area contributed by atoms with Crippen molar-refractivity contribution in [3.05, 3.63) is 0 Å². The maximum Gasteiger partial charge on any atom is 0.150 e. The number of likely N-dealkylation sites (tertiary alicyclic amines) is 1. The van der Waals surface area contributed by atoms with Crippen LogP contribution in [0.3, 0.4) is 0 Å². The topological polar surface area (TPSA) is 57.6 Å². The van der Waals surface area contributed by atoms with Gasteiger partial charge in [-0.3, -0.25) is 0 Å². The average molecular weight is 233 g/mol. The molecule has 0 aromatic heterocycles. The molecule has 1 atom stereocenters. The van der Waals surface area contributed by atoms with Crippen molar-refractivity contribution in [3.63, 3.8) is 0 Å². The molecular weight excluding hydrogens is 214 g/mol. The van der Waals surface area contributed by atoms with Crippen molar-refractivity contribution in [1.29, 1.82) is 0 Å². The van der Waals surface area contributed by atoms with Crippen LogP contribution in [-0.4, -0.2) is 56.2 Å². The van der Waals surface area contributed by atoms with E-state index in [2.05, 4.69) is 4.90 Å². The molecular formula is C10H19NO3S. The van der Waals surface area contributed by atoms with Crippen molar-refractivity contribution in [1.82, 2.24) is 4.90 Å². The van der Waals surface area contributed by atoms with E-state index in [4.69, 9.17) is 5.11 Å². The Bertz CT molecular complexity index is 328. The molecule has 0 aromatic rings. The molecule has 88 valence electrons. The van der Waals surface area contributed by atoms with Gasteiger partial charge in [0, 0.05) is 19.7 Å². The van der Waals surface area contributed by atoms with E-state index >= 15 is 0 Å². The highest BCUT2D eigenvalue weighted by Crippen LogP contribution is 2.40. The second-order valence-corrected chi connectivity index (χ2v) is 7.13. The van der Waals surface area contributed by atoms with Crippen molar-refractivity contribution in [2.45, 2.75) is 19.3 Å². The van der Waals surface area contributed by atoms with Gasteiger partial charge < -0.3 is 10.0 Å². The summed E-state index contributed by atoms with van der Waals surface area (Å²) in [6, 6.07) is 0. The van der Waals surface area contributed by atoms with Gasteiger partial charge in [-0.05, 0) is 31.2 Å². The molecule has 2 heterocycles. The summed E-state index contributed by atoms with van der Waals surface area (Å²) in [5, 5.41) is 8.74.